The number of aromatic amines is 1. The van der Waals surface area contributed by atoms with E-state index in [0.29, 0.717) is 24.9 Å². The van der Waals surface area contributed by atoms with Gasteiger partial charge in [-0.25, -0.2) is 17.9 Å². The lowest BCUT2D eigenvalue weighted by molar-refractivity contribution is 0.333. The standard InChI is InChI=1S/C20H22N4O5S/c25-19-10-13-4-1-2-6-16(13)22-23(19)12-14-5-3-9-24(14)30(27,28)15-7-8-17-18(11-15)29-20(26)21-17/h7-8,10-11,14H,1-6,9,12H2,(H,21,26). The molecule has 1 unspecified atom stereocenters. The summed E-state index contributed by atoms with van der Waals surface area (Å²) in [6.45, 7) is 0.606. The molecule has 0 amide bonds. The van der Waals surface area contributed by atoms with E-state index in [2.05, 4.69) is 10.1 Å². The average Bonchev–Trinajstić information content (AvgIpc) is 3.33. The van der Waals surface area contributed by atoms with Gasteiger partial charge in [0.2, 0.25) is 10.0 Å². The van der Waals surface area contributed by atoms with Crippen molar-refractivity contribution in [2.45, 2.75) is 56.0 Å². The van der Waals surface area contributed by atoms with Crippen LogP contribution < -0.4 is 11.3 Å². The van der Waals surface area contributed by atoms with E-state index in [-0.39, 0.29) is 28.6 Å². The van der Waals surface area contributed by atoms with Crippen LogP contribution in [0.1, 0.15) is 36.9 Å². The van der Waals surface area contributed by atoms with Crippen LogP contribution in [0.3, 0.4) is 0 Å². The molecule has 10 heteroatoms. The summed E-state index contributed by atoms with van der Waals surface area (Å²) in [6.07, 6.45) is 5.22. The van der Waals surface area contributed by atoms with E-state index in [0.717, 1.165) is 36.9 Å². The lowest BCUT2D eigenvalue weighted by Crippen LogP contribution is -2.41. The minimum atomic E-state index is -3.81. The molecule has 158 valence electrons. The Balaban J connectivity index is 1.45. The van der Waals surface area contributed by atoms with Gasteiger partial charge >= 0.3 is 5.76 Å². The molecule has 3 aromatic rings. The van der Waals surface area contributed by atoms with Crippen molar-refractivity contribution < 1.29 is 12.8 Å². The molecule has 1 aliphatic heterocycles. The number of hydrogen-bond acceptors (Lipinski definition) is 6. The van der Waals surface area contributed by atoms with Crippen molar-refractivity contribution in [3.8, 4) is 0 Å². The van der Waals surface area contributed by atoms with E-state index in [9.17, 15) is 18.0 Å². The SMILES string of the molecule is O=c1[nH]c2ccc(S(=O)(=O)N3CCCC3Cn3nc4c(cc3=O)CCCC4)cc2o1. The van der Waals surface area contributed by atoms with Gasteiger partial charge in [0.15, 0.2) is 5.58 Å². The number of aromatic nitrogens is 3. The lowest BCUT2D eigenvalue weighted by Gasteiger charge is -2.25. The highest BCUT2D eigenvalue weighted by molar-refractivity contribution is 7.89. The number of benzene rings is 1. The second-order valence-corrected chi connectivity index (χ2v) is 9.82. The largest absolute Gasteiger partial charge is 0.417 e. The van der Waals surface area contributed by atoms with Crippen molar-refractivity contribution in [2.75, 3.05) is 6.54 Å². The Labute approximate surface area is 172 Å². The molecule has 1 aromatic carbocycles. The summed E-state index contributed by atoms with van der Waals surface area (Å²) in [5.41, 5.74) is 2.42. The first kappa shape index (κ1) is 19.3. The molecule has 0 bridgehead atoms. The zero-order chi connectivity index (χ0) is 20.9. The molecule has 3 heterocycles. The third kappa shape index (κ3) is 3.29. The van der Waals surface area contributed by atoms with Crippen LogP contribution in [0, 0.1) is 0 Å². The molecular weight excluding hydrogens is 408 g/mol. The van der Waals surface area contributed by atoms with Crippen LogP contribution in [0.4, 0.5) is 0 Å². The van der Waals surface area contributed by atoms with Gasteiger partial charge in [0.1, 0.15) is 0 Å². The van der Waals surface area contributed by atoms with Crippen molar-refractivity contribution >= 4 is 21.1 Å². The smallest absolute Gasteiger partial charge is 0.408 e. The Kier molecular flexibility index (Phi) is 4.62. The number of H-pyrrole nitrogens is 1. The number of hydrogen-bond donors (Lipinski definition) is 1. The molecule has 9 nitrogen and oxygen atoms in total. The number of rotatable bonds is 4. The van der Waals surface area contributed by atoms with Crippen molar-refractivity contribution in [3.63, 3.8) is 0 Å². The fourth-order valence-corrected chi connectivity index (χ4v) is 6.16. The van der Waals surface area contributed by atoms with E-state index in [1.165, 1.54) is 27.2 Å². The third-order valence-electron chi connectivity index (χ3n) is 5.98. The zero-order valence-electron chi connectivity index (χ0n) is 16.3. The lowest BCUT2D eigenvalue weighted by atomic mass is 9.97. The molecule has 1 saturated heterocycles. The molecule has 30 heavy (non-hydrogen) atoms. The number of aryl methyl sites for hydroxylation is 2. The Bertz CT molecular complexity index is 1340. The molecule has 2 aliphatic rings. The highest BCUT2D eigenvalue weighted by atomic mass is 32.2. The van der Waals surface area contributed by atoms with Crippen molar-refractivity contribution in [1.29, 1.82) is 0 Å². The van der Waals surface area contributed by atoms with E-state index in [4.69, 9.17) is 4.42 Å². The monoisotopic (exact) mass is 430 g/mol. The van der Waals surface area contributed by atoms with Crippen LogP contribution >= 0.6 is 0 Å². The minimum absolute atomic E-state index is 0.0652. The fourth-order valence-electron chi connectivity index (χ4n) is 4.46. The molecule has 1 atom stereocenters. The fraction of sp³-hybridized carbons (Fsp3) is 0.450. The third-order valence-corrected chi connectivity index (χ3v) is 7.93. The van der Waals surface area contributed by atoms with Crippen LogP contribution in [0.2, 0.25) is 0 Å². The van der Waals surface area contributed by atoms with Crippen molar-refractivity contribution in [3.05, 3.63) is 56.4 Å². The molecule has 0 saturated carbocycles. The maximum absolute atomic E-state index is 13.3. The molecule has 0 spiro atoms. The van der Waals surface area contributed by atoms with Crippen LogP contribution in [-0.4, -0.2) is 40.1 Å². The van der Waals surface area contributed by atoms with Crippen LogP contribution in [0.15, 0.2) is 43.2 Å². The van der Waals surface area contributed by atoms with E-state index in [1.807, 2.05) is 0 Å². The topological polar surface area (TPSA) is 118 Å². The Hall–Kier alpha value is -2.72. The number of oxazole rings is 1. The molecule has 1 aliphatic carbocycles. The molecule has 2 aromatic heterocycles. The Morgan fingerprint density at radius 1 is 1.13 bits per heavy atom. The van der Waals surface area contributed by atoms with Crippen molar-refractivity contribution in [1.82, 2.24) is 19.1 Å². The summed E-state index contributed by atoms with van der Waals surface area (Å²) < 4.78 is 34.4. The normalized spacial score (nSPS) is 19.9. The Morgan fingerprint density at radius 3 is 2.83 bits per heavy atom. The molecule has 5 rings (SSSR count). The predicted octanol–water partition coefficient (Wildman–Crippen LogP) is 1.41. The summed E-state index contributed by atoms with van der Waals surface area (Å²) in [5, 5.41) is 4.54. The Morgan fingerprint density at radius 2 is 1.97 bits per heavy atom. The molecular formula is C20H22N4O5S. The number of sulfonamides is 1. The van der Waals surface area contributed by atoms with Crippen molar-refractivity contribution in [2.24, 2.45) is 0 Å². The first-order valence-electron chi connectivity index (χ1n) is 10.2. The van der Waals surface area contributed by atoms with Crippen LogP contribution in [0.25, 0.3) is 11.1 Å². The van der Waals surface area contributed by atoms with E-state index >= 15 is 0 Å². The van der Waals surface area contributed by atoms with Crippen LogP contribution in [0.5, 0.6) is 0 Å². The van der Waals surface area contributed by atoms with E-state index < -0.39 is 15.8 Å². The number of nitrogens with zero attached hydrogens (tertiary/aromatic N) is 3. The van der Waals surface area contributed by atoms with Gasteiger partial charge in [0.05, 0.1) is 22.7 Å². The maximum Gasteiger partial charge on any atom is 0.417 e. The first-order valence-corrected chi connectivity index (χ1v) is 11.6. The van der Waals surface area contributed by atoms with Gasteiger partial charge in [-0.15, -0.1) is 0 Å². The second kappa shape index (κ2) is 7.21. The highest BCUT2D eigenvalue weighted by Crippen LogP contribution is 2.28. The van der Waals surface area contributed by atoms with Gasteiger partial charge < -0.3 is 4.42 Å². The van der Waals surface area contributed by atoms with Gasteiger partial charge in [-0.1, -0.05) is 0 Å². The summed E-state index contributed by atoms with van der Waals surface area (Å²) in [7, 11) is -3.81. The number of fused-ring (bicyclic) bond motifs is 2. The van der Waals surface area contributed by atoms with Gasteiger partial charge in [-0.05, 0) is 56.2 Å². The van der Waals surface area contributed by atoms with Gasteiger partial charge in [0.25, 0.3) is 5.56 Å². The summed E-state index contributed by atoms with van der Waals surface area (Å²) in [6, 6.07) is 5.64. The highest BCUT2D eigenvalue weighted by Gasteiger charge is 2.36. The first-order chi connectivity index (χ1) is 14.4. The van der Waals surface area contributed by atoms with Gasteiger partial charge in [-0.2, -0.15) is 9.40 Å². The number of nitrogens with one attached hydrogen (secondary N) is 1. The quantitative estimate of drug-likeness (QED) is 0.669. The molecule has 0 radical (unpaired) electrons. The maximum atomic E-state index is 13.3. The van der Waals surface area contributed by atoms with Gasteiger partial charge in [0, 0.05) is 24.7 Å². The summed E-state index contributed by atoms with van der Waals surface area (Å²) in [4.78, 5) is 26.5. The minimum Gasteiger partial charge on any atom is -0.408 e. The molecule has 1 fully saturated rings. The second-order valence-electron chi connectivity index (χ2n) is 7.93. The van der Waals surface area contributed by atoms with E-state index in [1.54, 1.807) is 6.07 Å². The summed E-state index contributed by atoms with van der Waals surface area (Å²) in [5.74, 6) is -0.628. The molecule has 1 N–H and O–H groups in total. The zero-order valence-corrected chi connectivity index (χ0v) is 17.2. The predicted molar refractivity (Wildman–Crippen MR) is 109 cm³/mol. The average molecular weight is 430 g/mol. The van der Waals surface area contributed by atoms with Gasteiger partial charge in [-0.3, -0.25) is 9.78 Å². The van der Waals surface area contributed by atoms with Crippen LogP contribution in [-0.2, 0) is 29.4 Å². The summed E-state index contributed by atoms with van der Waals surface area (Å²) >= 11 is 0.